The zero-order chi connectivity index (χ0) is 8.60. The highest BCUT2D eigenvalue weighted by Gasteiger charge is 2.35. The molecule has 0 spiro atoms. The van der Waals surface area contributed by atoms with Crippen LogP contribution >= 0.6 is 11.3 Å². The summed E-state index contributed by atoms with van der Waals surface area (Å²) in [7, 11) is 0. The Morgan fingerprint density at radius 3 is 2.58 bits per heavy atom. The van der Waals surface area contributed by atoms with E-state index in [4.69, 9.17) is 9.47 Å². The lowest BCUT2D eigenvalue weighted by atomic mass is 10.2. The lowest BCUT2D eigenvalue weighted by molar-refractivity contribution is -0.147. The van der Waals surface area contributed by atoms with Crippen molar-refractivity contribution in [3.63, 3.8) is 0 Å². The number of rotatable bonds is 1. The number of aryl methyl sites for hydroxylation is 1. The van der Waals surface area contributed by atoms with E-state index in [0.717, 1.165) is 0 Å². The van der Waals surface area contributed by atoms with E-state index in [2.05, 4.69) is 18.4 Å². The molecule has 1 fully saturated rings. The zero-order valence-corrected chi connectivity index (χ0v) is 8.11. The smallest absolute Gasteiger partial charge is 0.201 e. The molecule has 0 aromatic carbocycles. The predicted molar refractivity (Wildman–Crippen MR) is 48.3 cm³/mol. The van der Waals surface area contributed by atoms with E-state index in [-0.39, 0.29) is 0 Å². The standard InChI is InChI=1S/C9H12O2S/c1-7-3-6-12-8(7)9(2)10-4-5-11-9/h3,6H,4-5H2,1-2H3. The van der Waals surface area contributed by atoms with E-state index in [9.17, 15) is 0 Å². The normalized spacial score (nSPS) is 21.5. The molecule has 12 heavy (non-hydrogen) atoms. The molecule has 2 heterocycles. The first-order chi connectivity index (χ1) is 5.72. The maximum Gasteiger partial charge on any atom is 0.201 e. The summed E-state index contributed by atoms with van der Waals surface area (Å²) in [6.07, 6.45) is 0. The number of thiophene rings is 1. The van der Waals surface area contributed by atoms with Crippen LogP contribution in [0.2, 0.25) is 0 Å². The molecule has 0 atom stereocenters. The first-order valence-electron chi connectivity index (χ1n) is 4.05. The summed E-state index contributed by atoms with van der Waals surface area (Å²) in [6, 6.07) is 2.09. The number of hydrogen-bond donors (Lipinski definition) is 0. The summed E-state index contributed by atoms with van der Waals surface area (Å²) in [6.45, 7) is 5.47. The Bertz CT molecular complexity index is 274. The van der Waals surface area contributed by atoms with Gasteiger partial charge in [-0.1, -0.05) is 0 Å². The lowest BCUT2D eigenvalue weighted by Crippen LogP contribution is -2.21. The van der Waals surface area contributed by atoms with Gasteiger partial charge >= 0.3 is 0 Å². The highest BCUT2D eigenvalue weighted by atomic mass is 32.1. The molecular formula is C9H12O2S. The molecule has 0 unspecified atom stereocenters. The molecule has 1 aliphatic rings. The molecule has 2 nitrogen and oxygen atoms in total. The molecule has 0 aliphatic carbocycles. The second kappa shape index (κ2) is 2.83. The predicted octanol–water partition coefficient (Wildman–Crippen LogP) is 2.28. The minimum Gasteiger partial charge on any atom is -0.343 e. The van der Waals surface area contributed by atoms with Gasteiger partial charge in [0.2, 0.25) is 5.79 Å². The fourth-order valence-corrected chi connectivity index (χ4v) is 2.48. The van der Waals surface area contributed by atoms with Crippen LogP contribution in [0.15, 0.2) is 11.4 Å². The quantitative estimate of drug-likeness (QED) is 0.666. The van der Waals surface area contributed by atoms with Crippen LogP contribution in [0.5, 0.6) is 0 Å². The molecule has 0 amide bonds. The molecule has 1 aromatic heterocycles. The average Bonchev–Trinajstić information content (AvgIpc) is 2.59. The third-order valence-corrected chi connectivity index (χ3v) is 3.31. The van der Waals surface area contributed by atoms with Crippen molar-refractivity contribution >= 4 is 11.3 Å². The average molecular weight is 184 g/mol. The van der Waals surface area contributed by atoms with E-state index < -0.39 is 5.79 Å². The van der Waals surface area contributed by atoms with Crippen LogP contribution in [0.4, 0.5) is 0 Å². The van der Waals surface area contributed by atoms with Gasteiger partial charge in [-0.2, -0.15) is 0 Å². The molecule has 0 saturated carbocycles. The molecule has 0 N–H and O–H groups in total. The first kappa shape index (κ1) is 8.23. The Kier molecular flexibility index (Phi) is 1.94. The van der Waals surface area contributed by atoms with E-state index >= 15 is 0 Å². The van der Waals surface area contributed by atoms with Crippen LogP contribution in [0, 0.1) is 6.92 Å². The van der Waals surface area contributed by atoms with Crippen molar-refractivity contribution in [1.82, 2.24) is 0 Å². The van der Waals surface area contributed by atoms with Gasteiger partial charge in [-0.25, -0.2) is 0 Å². The third kappa shape index (κ3) is 1.18. The van der Waals surface area contributed by atoms with Gasteiger partial charge in [-0.3, -0.25) is 0 Å². The van der Waals surface area contributed by atoms with Crippen molar-refractivity contribution in [2.45, 2.75) is 19.6 Å². The van der Waals surface area contributed by atoms with Gasteiger partial charge in [0, 0.05) is 0 Å². The fraction of sp³-hybridized carbons (Fsp3) is 0.556. The second-order valence-electron chi connectivity index (χ2n) is 3.08. The Balaban J connectivity index is 2.34. The molecule has 0 bridgehead atoms. The molecule has 3 heteroatoms. The molecule has 0 radical (unpaired) electrons. The van der Waals surface area contributed by atoms with Crippen LogP contribution < -0.4 is 0 Å². The minimum absolute atomic E-state index is 0.474. The third-order valence-electron chi connectivity index (χ3n) is 2.11. The van der Waals surface area contributed by atoms with Crippen molar-refractivity contribution in [3.05, 3.63) is 21.9 Å². The fourth-order valence-electron chi connectivity index (χ4n) is 1.48. The highest BCUT2D eigenvalue weighted by Crippen LogP contribution is 2.36. The van der Waals surface area contributed by atoms with Crippen molar-refractivity contribution in [2.75, 3.05) is 13.2 Å². The van der Waals surface area contributed by atoms with Gasteiger partial charge in [0.25, 0.3) is 0 Å². The second-order valence-corrected chi connectivity index (χ2v) is 3.99. The monoisotopic (exact) mass is 184 g/mol. The van der Waals surface area contributed by atoms with Crippen LogP contribution in [-0.2, 0) is 15.3 Å². The lowest BCUT2D eigenvalue weighted by Gasteiger charge is -2.21. The molecular weight excluding hydrogens is 172 g/mol. The van der Waals surface area contributed by atoms with E-state index in [1.54, 1.807) is 11.3 Å². The molecule has 1 saturated heterocycles. The van der Waals surface area contributed by atoms with Crippen molar-refractivity contribution in [1.29, 1.82) is 0 Å². The largest absolute Gasteiger partial charge is 0.343 e. The summed E-state index contributed by atoms with van der Waals surface area (Å²) >= 11 is 1.70. The van der Waals surface area contributed by atoms with Crippen LogP contribution in [0.1, 0.15) is 17.4 Å². The minimum atomic E-state index is -0.474. The number of ether oxygens (including phenoxy) is 2. The highest BCUT2D eigenvalue weighted by molar-refractivity contribution is 7.10. The van der Waals surface area contributed by atoms with Gasteiger partial charge in [0.1, 0.15) is 0 Å². The zero-order valence-electron chi connectivity index (χ0n) is 7.29. The maximum atomic E-state index is 5.55. The summed E-state index contributed by atoms with van der Waals surface area (Å²) < 4.78 is 11.1. The van der Waals surface area contributed by atoms with Gasteiger partial charge in [-0.15, -0.1) is 11.3 Å². The molecule has 66 valence electrons. The van der Waals surface area contributed by atoms with Crippen molar-refractivity contribution in [3.8, 4) is 0 Å². The summed E-state index contributed by atoms with van der Waals surface area (Å²) in [5.41, 5.74) is 1.25. The van der Waals surface area contributed by atoms with Gasteiger partial charge in [0.15, 0.2) is 0 Å². The first-order valence-corrected chi connectivity index (χ1v) is 4.93. The summed E-state index contributed by atoms with van der Waals surface area (Å²) in [5, 5.41) is 2.07. The van der Waals surface area contributed by atoms with Crippen LogP contribution in [0.3, 0.4) is 0 Å². The Morgan fingerprint density at radius 1 is 1.42 bits per heavy atom. The summed E-state index contributed by atoms with van der Waals surface area (Å²) in [5.74, 6) is -0.474. The topological polar surface area (TPSA) is 18.5 Å². The molecule has 2 rings (SSSR count). The SMILES string of the molecule is Cc1ccsc1C1(C)OCCO1. The van der Waals surface area contributed by atoms with Crippen molar-refractivity contribution in [2.24, 2.45) is 0 Å². The molecule has 1 aliphatic heterocycles. The van der Waals surface area contributed by atoms with E-state index in [1.807, 2.05) is 6.92 Å². The van der Waals surface area contributed by atoms with E-state index in [0.29, 0.717) is 13.2 Å². The number of hydrogen-bond acceptors (Lipinski definition) is 3. The van der Waals surface area contributed by atoms with Gasteiger partial charge in [-0.05, 0) is 30.9 Å². The van der Waals surface area contributed by atoms with Crippen molar-refractivity contribution < 1.29 is 9.47 Å². The van der Waals surface area contributed by atoms with Gasteiger partial charge < -0.3 is 9.47 Å². The Morgan fingerprint density at radius 2 is 2.08 bits per heavy atom. The maximum absolute atomic E-state index is 5.55. The van der Waals surface area contributed by atoms with Crippen LogP contribution in [0.25, 0.3) is 0 Å². The van der Waals surface area contributed by atoms with Crippen LogP contribution in [-0.4, -0.2) is 13.2 Å². The van der Waals surface area contributed by atoms with Gasteiger partial charge in [0.05, 0.1) is 18.1 Å². The molecule has 1 aromatic rings. The van der Waals surface area contributed by atoms with E-state index in [1.165, 1.54) is 10.4 Å². The Hall–Kier alpha value is -0.380. The summed E-state index contributed by atoms with van der Waals surface area (Å²) in [4.78, 5) is 1.19. The Labute approximate surface area is 76.1 Å².